The van der Waals surface area contributed by atoms with E-state index >= 15 is 0 Å². The van der Waals surface area contributed by atoms with Gasteiger partial charge in [0.2, 0.25) is 0 Å². The Balaban J connectivity index is 1.89. The van der Waals surface area contributed by atoms with E-state index in [1.807, 2.05) is 0 Å². The quantitative estimate of drug-likeness (QED) is 0.756. The Bertz CT molecular complexity index is 223. The lowest BCUT2D eigenvalue weighted by Gasteiger charge is -2.38. The van der Waals surface area contributed by atoms with Gasteiger partial charge in [0.15, 0.2) is 0 Å². The molecule has 0 bridgehead atoms. The predicted octanol–water partition coefficient (Wildman–Crippen LogP) is 3.47. The van der Waals surface area contributed by atoms with Crippen molar-refractivity contribution in [2.24, 2.45) is 5.92 Å². The molecule has 2 aliphatic rings. The molecule has 1 aliphatic carbocycles. The molecule has 2 rings (SSSR count). The van der Waals surface area contributed by atoms with Crippen LogP contribution in [0.5, 0.6) is 0 Å². The minimum atomic E-state index is 0.752. The molecule has 1 saturated heterocycles. The second kappa shape index (κ2) is 7.49. The van der Waals surface area contributed by atoms with Gasteiger partial charge in [-0.05, 0) is 51.0 Å². The van der Waals surface area contributed by atoms with Gasteiger partial charge in [0.25, 0.3) is 0 Å². The van der Waals surface area contributed by atoms with Crippen LogP contribution in [0.4, 0.5) is 0 Å². The van der Waals surface area contributed by atoms with E-state index in [4.69, 9.17) is 0 Å². The predicted molar refractivity (Wildman–Crippen MR) is 78.9 cm³/mol. The first-order chi connectivity index (χ1) is 8.85. The lowest BCUT2D eigenvalue weighted by atomic mass is 9.78. The van der Waals surface area contributed by atoms with Crippen molar-refractivity contribution in [1.82, 2.24) is 10.6 Å². The second-order valence-electron chi connectivity index (χ2n) is 6.32. The Morgan fingerprint density at radius 3 is 2.61 bits per heavy atom. The summed E-state index contributed by atoms with van der Waals surface area (Å²) >= 11 is 0. The molecule has 2 nitrogen and oxygen atoms in total. The molecule has 0 spiro atoms. The number of rotatable bonds is 6. The van der Waals surface area contributed by atoms with E-state index in [0.29, 0.717) is 0 Å². The molecule has 4 unspecified atom stereocenters. The topological polar surface area (TPSA) is 24.1 Å². The van der Waals surface area contributed by atoms with Gasteiger partial charge in [-0.2, -0.15) is 0 Å². The van der Waals surface area contributed by atoms with Crippen molar-refractivity contribution >= 4 is 0 Å². The molecule has 18 heavy (non-hydrogen) atoms. The van der Waals surface area contributed by atoms with Gasteiger partial charge >= 0.3 is 0 Å². The average molecular weight is 252 g/mol. The van der Waals surface area contributed by atoms with Gasteiger partial charge in [0.1, 0.15) is 0 Å². The molecule has 2 fully saturated rings. The average Bonchev–Trinajstić information content (AvgIpc) is 2.92. The zero-order chi connectivity index (χ0) is 12.8. The molecule has 0 amide bonds. The molecular weight excluding hydrogens is 220 g/mol. The Labute approximate surface area is 113 Å². The van der Waals surface area contributed by atoms with Gasteiger partial charge in [0, 0.05) is 18.1 Å². The molecule has 1 heterocycles. The standard InChI is InChI=1S/C16H32N2/c1-3-8-13(4-2)18-16-10-6-5-9-14(16)15-11-7-12-17-15/h13-18H,3-12H2,1-2H3. The van der Waals surface area contributed by atoms with Crippen LogP contribution < -0.4 is 10.6 Å². The van der Waals surface area contributed by atoms with Gasteiger partial charge in [-0.15, -0.1) is 0 Å². The third-order valence-corrected chi connectivity index (χ3v) is 5.01. The number of hydrogen-bond acceptors (Lipinski definition) is 2. The molecule has 0 radical (unpaired) electrons. The Hall–Kier alpha value is -0.0800. The summed E-state index contributed by atoms with van der Waals surface area (Å²) in [5.41, 5.74) is 0. The molecular formula is C16H32N2. The summed E-state index contributed by atoms with van der Waals surface area (Å²) in [5, 5.41) is 7.73. The normalized spacial score (nSPS) is 34.7. The van der Waals surface area contributed by atoms with Crippen LogP contribution in [0.3, 0.4) is 0 Å². The summed E-state index contributed by atoms with van der Waals surface area (Å²) in [4.78, 5) is 0. The maximum atomic E-state index is 3.99. The first-order valence-corrected chi connectivity index (χ1v) is 8.34. The van der Waals surface area contributed by atoms with Crippen molar-refractivity contribution in [3.8, 4) is 0 Å². The zero-order valence-corrected chi connectivity index (χ0v) is 12.4. The summed E-state index contributed by atoms with van der Waals surface area (Å²) in [6, 6.07) is 2.34. The van der Waals surface area contributed by atoms with E-state index in [1.54, 1.807) is 0 Å². The molecule has 2 heteroatoms. The van der Waals surface area contributed by atoms with E-state index in [-0.39, 0.29) is 0 Å². The SMILES string of the molecule is CCCC(CC)NC1CCCCC1C1CCCN1. The Morgan fingerprint density at radius 2 is 1.94 bits per heavy atom. The third-order valence-electron chi connectivity index (χ3n) is 5.01. The first-order valence-electron chi connectivity index (χ1n) is 8.34. The van der Waals surface area contributed by atoms with Crippen molar-refractivity contribution in [2.45, 2.75) is 89.8 Å². The fourth-order valence-electron chi connectivity index (χ4n) is 3.98. The molecule has 0 aromatic heterocycles. The van der Waals surface area contributed by atoms with Gasteiger partial charge in [-0.1, -0.05) is 33.1 Å². The van der Waals surface area contributed by atoms with Crippen LogP contribution in [0, 0.1) is 5.92 Å². The van der Waals surface area contributed by atoms with E-state index in [9.17, 15) is 0 Å². The fraction of sp³-hybridized carbons (Fsp3) is 1.00. The maximum absolute atomic E-state index is 3.99. The minimum Gasteiger partial charge on any atom is -0.314 e. The lowest BCUT2D eigenvalue weighted by Crippen LogP contribution is -2.50. The van der Waals surface area contributed by atoms with E-state index in [0.717, 1.165) is 24.0 Å². The van der Waals surface area contributed by atoms with Crippen LogP contribution in [0.1, 0.15) is 71.6 Å². The molecule has 4 atom stereocenters. The summed E-state index contributed by atoms with van der Waals surface area (Å²) in [7, 11) is 0. The highest BCUT2D eigenvalue weighted by Gasteiger charge is 2.33. The summed E-state index contributed by atoms with van der Waals surface area (Å²) in [5.74, 6) is 0.896. The van der Waals surface area contributed by atoms with E-state index in [1.165, 1.54) is 64.3 Å². The molecule has 0 aromatic carbocycles. The van der Waals surface area contributed by atoms with Gasteiger partial charge in [-0.3, -0.25) is 0 Å². The van der Waals surface area contributed by atoms with E-state index in [2.05, 4.69) is 24.5 Å². The molecule has 106 valence electrons. The van der Waals surface area contributed by atoms with Gasteiger partial charge < -0.3 is 10.6 Å². The summed E-state index contributed by atoms with van der Waals surface area (Å²) < 4.78 is 0. The molecule has 0 aromatic rings. The van der Waals surface area contributed by atoms with Crippen molar-refractivity contribution < 1.29 is 0 Å². The highest BCUT2D eigenvalue weighted by atomic mass is 15.0. The summed E-state index contributed by atoms with van der Waals surface area (Å²) in [6.07, 6.45) is 12.5. The van der Waals surface area contributed by atoms with Gasteiger partial charge in [0.05, 0.1) is 0 Å². The van der Waals surface area contributed by atoms with Crippen LogP contribution in [0.2, 0.25) is 0 Å². The zero-order valence-electron chi connectivity index (χ0n) is 12.4. The van der Waals surface area contributed by atoms with Gasteiger partial charge in [-0.25, -0.2) is 0 Å². The highest BCUT2D eigenvalue weighted by molar-refractivity contribution is 4.92. The maximum Gasteiger partial charge on any atom is 0.0113 e. The van der Waals surface area contributed by atoms with Crippen molar-refractivity contribution in [2.75, 3.05) is 6.54 Å². The van der Waals surface area contributed by atoms with Crippen molar-refractivity contribution in [3.63, 3.8) is 0 Å². The largest absolute Gasteiger partial charge is 0.314 e. The monoisotopic (exact) mass is 252 g/mol. The van der Waals surface area contributed by atoms with Crippen molar-refractivity contribution in [3.05, 3.63) is 0 Å². The first kappa shape index (κ1) is 14.3. The summed E-state index contributed by atoms with van der Waals surface area (Å²) in [6.45, 7) is 5.89. The second-order valence-corrected chi connectivity index (χ2v) is 6.32. The van der Waals surface area contributed by atoms with Crippen LogP contribution >= 0.6 is 0 Å². The number of nitrogens with one attached hydrogen (secondary N) is 2. The Kier molecular flexibility index (Phi) is 5.97. The highest BCUT2D eigenvalue weighted by Crippen LogP contribution is 2.31. The van der Waals surface area contributed by atoms with Crippen LogP contribution in [-0.4, -0.2) is 24.7 Å². The molecule has 1 aliphatic heterocycles. The minimum absolute atomic E-state index is 0.752. The molecule has 1 saturated carbocycles. The third kappa shape index (κ3) is 3.71. The molecule has 2 N–H and O–H groups in total. The van der Waals surface area contributed by atoms with Crippen LogP contribution in [-0.2, 0) is 0 Å². The Morgan fingerprint density at radius 1 is 1.11 bits per heavy atom. The lowest BCUT2D eigenvalue weighted by molar-refractivity contribution is 0.196. The van der Waals surface area contributed by atoms with Crippen molar-refractivity contribution in [1.29, 1.82) is 0 Å². The van der Waals surface area contributed by atoms with Crippen LogP contribution in [0.15, 0.2) is 0 Å². The van der Waals surface area contributed by atoms with E-state index < -0.39 is 0 Å². The van der Waals surface area contributed by atoms with Crippen LogP contribution in [0.25, 0.3) is 0 Å². The smallest absolute Gasteiger partial charge is 0.0113 e. The fourth-order valence-corrected chi connectivity index (χ4v) is 3.98. The number of hydrogen-bond donors (Lipinski definition) is 2.